The zero-order valence-electron chi connectivity index (χ0n) is 11.0. The number of nitrogens with zero attached hydrogens (tertiary/aromatic N) is 1. The van der Waals surface area contributed by atoms with Crippen LogP contribution in [0.4, 0.5) is 0 Å². The van der Waals surface area contributed by atoms with E-state index < -0.39 is 11.9 Å². The summed E-state index contributed by atoms with van der Waals surface area (Å²) < 4.78 is 5.08. The summed E-state index contributed by atoms with van der Waals surface area (Å²) in [6.45, 7) is 2.37. The van der Waals surface area contributed by atoms with Crippen LogP contribution in [-0.4, -0.2) is 35.5 Å². The van der Waals surface area contributed by atoms with Crippen molar-refractivity contribution in [2.45, 2.75) is 19.4 Å². The van der Waals surface area contributed by atoms with Gasteiger partial charge in [0.2, 0.25) is 5.91 Å². The molecule has 1 aliphatic rings. The van der Waals surface area contributed by atoms with E-state index in [1.807, 2.05) is 19.1 Å². The highest BCUT2D eigenvalue weighted by Gasteiger charge is 2.43. The third kappa shape index (κ3) is 2.41. The molecule has 1 N–H and O–H groups in total. The van der Waals surface area contributed by atoms with Crippen molar-refractivity contribution in [3.05, 3.63) is 29.8 Å². The van der Waals surface area contributed by atoms with Gasteiger partial charge < -0.3 is 14.7 Å². The Hall–Kier alpha value is -2.04. The summed E-state index contributed by atoms with van der Waals surface area (Å²) in [6.07, 6.45) is 0.0693. The molecule has 1 heterocycles. The number of carbonyl (C=O) groups excluding carboxylic acids is 1. The number of likely N-dealkylation sites (tertiary alicyclic amines) is 1. The van der Waals surface area contributed by atoms with Gasteiger partial charge in [0, 0.05) is 13.0 Å². The Morgan fingerprint density at radius 1 is 1.42 bits per heavy atom. The number of hydrogen-bond acceptors (Lipinski definition) is 3. The maximum absolute atomic E-state index is 11.9. The number of hydrogen-bond donors (Lipinski definition) is 1. The van der Waals surface area contributed by atoms with E-state index in [0.29, 0.717) is 12.3 Å². The molecule has 0 saturated carbocycles. The van der Waals surface area contributed by atoms with Crippen LogP contribution >= 0.6 is 0 Å². The summed E-state index contributed by atoms with van der Waals surface area (Å²) >= 11 is 0. The number of benzene rings is 1. The molecule has 1 amide bonds. The van der Waals surface area contributed by atoms with Crippen LogP contribution in [0.15, 0.2) is 24.3 Å². The summed E-state index contributed by atoms with van der Waals surface area (Å²) in [7, 11) is 1.58. The van der Waals surface area contributed by atoms with Gasteiger partial charge in [-0.3, -0.25) is 9.59 Å². The molecule has 5 nitrogen and oxygen atoms in total. The Morgan fingerprint density at radius 3 is 2.53 bits per heavy atom. The topological polar surface area (TPSA) is 66.8 Å². The van der Waals surface area contributed by atoms with Gasteiger partial charge in [-0.15, -0.1) is 0 Å². The number of aliphatic carboxylic acids is 1. The van der Waals surface area contributed by atoms with E-state index in [4.69, 9.17) is 4.74 Å². The van der Waals surface area contributed by atoms with Crippen LogP contribution in [0.5, 0.6) is 5.75 Å². The van der Waals surface area contributed by atoms with Crippen LogP contribution in [0.2, 0.25) is 0 Å². The molecule has 1 aromatic rings. The van der Waals surface area contributed by atoms with Crippen LogP contribution in [0, 0.1) is 5.92 Å². The van der Waals surface area contributed by atoms with E-state index in [9.17, 15) is 14.7 Å². The fourth-order valence-electron chi connectivity index (χ4n) is 2.60. The number of methoxy groups -OCH3 is 1. The Labute approximate surface area is 111 Å². The van der Waals surface area contributed by atoms with Crippen molar-refractivity contribution >= 4 is 11.9 Å². The number of carboxylic acids is 1. The average molecular weight is 263 g/mol. The lowest BCUT2D eigenvalue weighted by Gasteiger charge is -2.26. The summed E-state index contributed by atoms with van der Waals surface area (Å²) in [6, 6.07) is 6.82. The van der Waals surface area contributed by atoms with Crippen LogP contribution in [0.3, 0.4) is 0 Å². The summed E-state index contributed by atoms with van der Waals surface area (Å²) in [5.74, 6) is -0.996. The van der Waals surface area contributed by atoms with Crippen LogP contribution in [0.25, 0.3) is 0 Å². The van der Waals surface area contributed by atoms with Gasteiger partial charge in [-0.2, -0.15) is 0 Å². The number of rotatable bonds is 4. The van der Waals surface area contributed by atoms with Gasteiger partial charge in [0.25, 0.3) is 0 Å². The minimum atomic E-state index is -0.926. The van der Waals surface area contributed by atoms with Gasteiger partial charge in [-0.1, -0.05) is 12.1 Å². The highest BCUT2D eigenvalue weighted by atomic mass is 16.5. The quantitative estimate of drug-likeness (QED) is 0.897. The maximum atomic E-state index is 11.9. The molecular formula is C14H17NO4. The van der Waals surface area contributed by atoms with Crippen molar-refractivity contribution in [3.8, 4) is 5.75 Å². The zero-order valence-corrected chi connectivity index (χ0v) is 11.0. The van der Waals surface area contributed by atoms with Crippen LogP contribution in [0.1, 0.15) is 24.9 Å². The Bertz CT molecular complexity index is 483. The second-order valence-corrected chi connectivity index (χ2v) is 4.55. The van der Waals surface area contributed by atoms with Crippen LogP contribution in [-0.2, 0) is 9.59 Å². The average Bonchev–Trinajstić information content (AvgIpc) is 2.76. The third-order valence-electron chi connectivity index (χ3n) is 3.55. The van der Waals surface area contributed by atoms with Crippen LogP contribution < -0.4 is 4.74 Å². The Morgan fingerprint density at radius 2 is 2.05 bits per heavy atom. The molecule has 1 aliphatic heterocycles. The molecule has 2 rings (SSSR count). The predicted molar refractivity (Wildman–Crippen MR) is 68.9 cm³/mol. The van der Waals surface area contributed by atoms with E-state index >= 15 is 0 Å². The minimum absolute atomic E-state index is 0.0693. The molecule has 102 valence electrons. The van der Waals surface area contributed by atoms with Gasteiger partial charge in [-0.25, -0.2) is 0 Å². The Kier molecular flexibility index (Phi) is 3.74. The molecule has 0 spiro atoms. The number of carbonyl (C=O) groups is 2. The molecule has 0 aromatic heterocycles. The van der Waals surface area contributed by atoms with E-state index in [-0.39, 0.29) is 18.4 Å². The van der Waals surface area contributed by atoms with Crippen molar-refractivity contribution < 1.29 is 19.4 Å². The highest BCUT2D eigenvalue weighted by Crippen LogP contribution is 2.38. The fraction of sp³-hybridized carbons (Fsp3) is 0.429. The first-order valence-electron chi connectivity index (χ1n) is 6.24. The molecule has 1 saturated heterocycles. The minimum Gasteiger partial charge on any atom is -0.497 e. The van der Waals surface area contributed by atoms with E-state index in [1.54, 1.807) is 24.1 Å². The van der Waals surface area contributed by atoms with Gasteiger partial charge in [0.1, 0.15) is 5.75 Å². The van der Waals surface area contributed by atoms with E-state index in [2.05, 4.69) is 0 Å². The third-order valence-corrected chi connectivity index (χ3v) is 3.55. The largest absolute Gasteiger partial charge is 0.497 e. The zero-order chi connectivity index (χ0) is 14.0. The van der Waals surface area contributed by atoms with Crippen molar-refractivity contribution in [2.75, 3.05) is 13.7 Å². The molecule has 5 heteroatoms. The molecule has 2 unspecified atom stereocenters. The molecule has 1 fully saturated rings. The summed E-state index contributed by atoms with van der Waals surface area (Å²) in [4.78, 5) is 24.8. The van der Waals surface area contributed by atoms with Gasteiger partial charge >= 0.3 is 5.97 Å². The molecule has 19 heavy (non-hydrogen) atoms. The second-order valence-electron chi connectivity index (χ2n) is 4.55. The first-order chi connectivity index (χ1) is 9.08. The molecular weight excluding hydrogens is 246 g/mol. The second kappa shape index (κ2) is 5.30. The van der Waals surface area contributed by atoms with Crippen molar-refractivity contribution in [2.24, 2.45) is 5.92 Å². The molecule has 1 aromatic carbocycles. The first kappa shape index (κ1) is 13.4. The smallest absolute Gasteiger partial charge is 0.309 e. The lowest BCUT2D eigenvalue weighted by Crippen LogP contribution is -2.30. The van der Waals surface area contributed by atoms with E-state index in [1.165, 1.54) is 0 Å². The number of amides is 1. The lowest BCUT2D eigenvalue weighted by atomic mass is 9.93. The van der Waals surface area contributed by atoms with Gasteiger partial charge in [0.15, 0.2) is 0 Å². The molecule has 0 bridgehead atoms. The van der Waals surface area contributed by atoms with Gasteiger partial charge in [0.05, 0.1) is 19.1 Å². The molecule has 2 atom stereocenters. The SMILES string of the molecule is CCN1C(=O)CC(C(=O)O)C1c1ccc(OC)cc1. The predicted octanol–water partition coefficient (Wildman–Crippen LogP) is 1.69. The number of ether oxygens (including phenoxy) is 1. The normalized spacial score (nSPS) is 22.6. The monoisotopic (exact) mass is 263 g/mol. The summed E-state index contributed by atoms with van der Waals surface area (Å²) in [5, 5.41) is 9.27. The van der Waals surface area contributed by atoms with Crippen molar-refractivity contribution in [1.29, 1.82) is 0 Å². The number of carboxylic acid groups (broad SMARTS) is 1. The highest BCUT2D eigenvalue weighted by molar-refractivity contribution is 5.87. The molecule has 0 aliphatic carbocycles. The maximum Gasteiger partial charge on any atom is 0.309 e. The standard InChI is InChI=1S/C14H17NO4/c1-3-15-12(16)8-11(14(17)18)13(15)9-4-6-10(19-2)7-5-9/h4-7,11,13H,3,8H2,1-2H3,(H,17,18). The van der Waals surface area contributed by atoms with E-state index in [0.717, 1.165) is 5.56 Å². The molecule has 0 radical (unpaired) electrons. The van der Waals surface area contributed by atoms with Crippen molar-refractivity contribution in [3.63, 3.8) is 0 Å². The fourth-order valence-corrected chi connectivity index (χ4v) is 2.60. The lowest BCUT2D eigenvalue weighted by molar-refractivity contribution is -0.142. The Balaban J connectivity index is 2.36. The first-order valence-corrected chi connectivity index (χ1v) is 6.24. The van der Waals surface area contributed by atoms with Gasteiger partial charge in [-0.05, 0) is 24.6 Å². The van der Waals surface area contributed by atoms with Crippen molar-refractivity contribution in [1.82, 2.24) is 4.90 Å². The summed E-state index contributed by atoms with van der Waals surface area (Å²) in [5.41, 5.74) is 0.834.